The Hall–Kier alpha value is -2.44. The first-order valence-electron chi connectivity index (χ1n) is 9.43. The normalized spacial score (nSPS) is 30.8. The first kappa shape index (κ1) is 17.9. The Morgan fingerprint density at radius 2 is 1.74 bits per heavy atom. The molecule has 4 bridgehead atoms. The van der Waals surface area contributed by atoms with Crippen LogP contribution in [0.25, 0.3) is 0 Å². The van der Waals surface area contributed by atoms with Crippen LogP contribution in [0.3, 0.4) is 0 Å². The fraction of sp³-hybridized carbons (Fsp3) is 0.600. The van der Waals surface area contributed by atoms with Crippen molar-refractivity contribution in [2.75, 3.05) is 13.7 Å². The second-order valence-electron chi connectivity index (χ2n) is 8.34. The van der Waals surface area contributed by atoms with E-state index in [1.54, 1.807) is 0 Å². The van der Waals surface area contributed by atoms with Crippen LogP contribution < -0.4 is 4.74 Å². The molecule has 0 amide bonds. The van der Waals surface area contributed by atoms with Gasteiger partial charge >= 0.3 is 11.7 Å². The average molecular weight is 373 g/mol. The van der Waals surface area contributed by atoms with Gasteiger partial charge in [-0.15, -0.1) is 0 Å². The number of ketones is 1. The molecule has 0 spiro atoms. The SMILES string of the molecule is COC(=O)c1ccc([N+](=O)[O-])c(OCC(=O)C23CC4CC(CC(C4)C2)C3)c1. The quantitative estimate of drug-likeness (QED) is 0.430. The van der Waals surface area contributed by atoms with Crippen molar-refractivity contribution in [1.82, 2.24) is 0 Å². The number of ether oxygens (including phenoxy) is 2. The molecular formula is C20H23NO6. The largest absolute Gasteiger partial charge is 0.479 e. The summed E-state index contributed by atoms with van der Waals surface area (Å²) < 4.78 is 10.2. The van der Waals surface area contributed by atoms with Crippen molar-refractivity contribution in [3.8, 4) is 5.75 Å². The highest BCUT2D eigenvalue weighted by Gasteiger charge is 2.54. The molecule has 1 aromatic rings. The summed E-state index contributed by atoms with van der Waals surface area (Å²) in [7, 11) is 1.24. The number of nitro groups is 1. The Labute approximate surface area is 157 Å². The smallest absolute Gasteiger partial charge is 0.337 e. The minimum Gasteiger partial charge on any atom is -0.479 e. The third-order valence-electron chi connectivity index (χ3n) is 6.57. The summed E-state index contributed by atoms with van der Waals surface area (Å²) >= 11 is 0. The van der Waals surface area contributed by atoms with E-state index >= 15 is 0 Å². The van der Waals surface area contributed by atoms with Crippen molar-refractivity contribution in [3.63, 3.8) is 0 Å². The number of methoxy groups -OCH3 is 1. The zero-order valence-corrected chi connectivity index (χ0v) is 15.3. The molecule has 0 unspecified atom stereocenters. The number of hydrogen-bond donors (Lipinski definition) is 0. The van der Waals surface area contributed by atoms with Crippen molar-refractivity contribution >= 4 is 17.4 Å². The van der Waals surface area contributed by atoms with Crippen molar-refractivity contribution in [3.05, 3.63) is 33.9 Å². The molecule has 0 radical (unpaired) electrons. The zero-order valence-electron chi connectivity index (χ0n) is 15.3. The first-order chi connectivity index (χ1) is 12.9. The molecule has 7 heteroatoms. The van der Waals surface area contributed by atoms with Gasteiger partial charge in [0, 0.05) is 17.5 Å². The number of nitro benzene ring substituents is 1. The van der Waals surface area contributed by atoms with E-state index in [1.165, 1.54) is 44.6 Å². The van der Waals surface area contributed by atoms with E-state index in [4.69, 9.17) is 4.74 Å². The fourth-order valence-corrected chi connectivity index (χ4v) is 5.77. The maximum Gasteiger partial charge on any atom is 0.337 e. The van der Waals surface area contributed by atoms with Crippen molar-refractivity contribution < 1.29 is 24.0 Å². The molecule has 27 heavy (non-hydrogen) atoms. The molecule has 4 aliphatic rings. The molecule has 0 saturated heterocycles. The minimum absolute atomic E-state index is 0.0411. The van der Waals surface area contributed by atoms with Gasteiger partial charge in [-0.25, -0.2) is 4.79 Å². The van der Waals surface area contributed by atoms with Crippen LogP contribution in [0.4, 0.5) is 5.69 Å². The van der Waals surface area contributed by atoms with E-state index in [1.807, 2.05) is 0 Å². The number of carbonyl (C=O) groups is 2. The lowest BCUT2D eigenvalue weighted by molar-refractivity contribution is -0.385. The summed E-state index contributed by atoms with van der Waals surface area (Å²) in [6, 6.07) is 3.80. The summed E-state index contributed by atoms with van der Waals surface area (Å²) in [5.41, 5.74) is -0.426. The van der Waals surface area contributed by atoms with E-state index in [0.29, 0.717) is 17.8 Å². The number of carbonyl (C=O) groups excluding carboxylic acids is 2. The molecule has 0 aliphatic heterocycles. The van der Waals surface area contributed by atoms with Crippen LogP contribution in [0, 0.1) is 33.3 Å². The van der Waals surface area contributed by atoms with Crippen molar-refractivity contribution in [1.29, 1.82) is 0 Å². The topological polar surface area (TPSA) is 95.7 Å². The van der Waals surface area contributed by atoms with Crippen LogP contribution in [0.5, 0.6) is 5.75 Å². The van der Waals surface area contributed by atoms with Gasteiger partial charge < -0.3 is 9.47 Å². The lowest BCUT2D eigenvalue weighted by Gasteiger charge is -2.55. The summed E-state index contributed by atoms with van der Waals surface area (Å²) in [4.78, 5) is 35.4. The molecule has 4 fully saturated rings. The minimum atomic E-state index is -0.609. The predicted molar refractivity (Wildman–Crippen MR) is 95.5 cm³/mol. The predicted octanol–water partition coefficient (Wildman–Crippen LogP) is 3.55. The fourth-order valence-electron chi connectivity index (χ4n) is 5.77. The second-order valence-corrected chi connectivity index (χ2v) is 8.34. The van der Waals surface area contributed by atoms with Gasteiger partial charge in [0.25, 0.3) is 0 Å². The van der Waals surface area contributed by atoms with Crippen molar-refractivity contribution in [2.24, 2.45) is 23.2 Å². The number of Topliss-reactive ketones (excluding diaryl/α,β-unsaturated/α-hetero) is 1. The number of esters is 1. The Morgan fingerprint density at radius 1 is 1.15 bits per heavy atom. The Kier molecular flexibility index (Phi) is 4.40. The molecule has 0 heterocycles. The molecule has 0 atom stereocenters. The molecule has 0 N–H and O–H groups in total. The average Bonchev–Trinajstić information content (AvgIpc) is 2.63. The lowest BCUT2D eigenvalue weighted by atomic mass is 9.48. The first-order valence-corrected chi connectivity index (χ1v) is 9.43. The molecule has 4 aliphatic carbocycles. The van der Waals surface area contributed by atoms with E-state index in [9.17, 15) is 19.7 Å². The highest BCUT2D eigenvalue weighted by molar-refractivity contribution is 5.90. The van der Waals surface area contributed by atoms with Crippen LogP contribution >= 0.6 is 0 Å². The summed E-state index contributed by atoms with van der Waals surface area (Å²) in [6.07, 6.45) is 6.47. The van der Waals surface area contributed by atoms with Gasteiger partial charge in [-0.1, -0.05) is 0 Å². The number of benzene rings is 1. The summed E-state index contributed by atoms with van der Waals surface area (Å²) in [5.74, 6) is 1.27. The van der Waals surface area contributed by atoms with E-state index < -0.39 is 10.9 Å². The van der Waals surface area contributed by atoms with Crippen LogP contribution in [0.15, 0.2) is 18.2 Å². The van der Waals surface area contributed by atoms with E-state index in [-0.39, 0.29) is 34.8 Å². The van der Waals surface area contributed by atoms with E-state index in [0.717, 1.165) is 19.3 Å². The maximum atomic E-state index is 13.0. The monoisotopic (exact) mass is 373 g/mol. The number of nitrogens with zero attached hydrogens (tertiary/aromatic N) is 1. The van der Waals surface area contributed by atoms with Crippen LogP contribution in [0.2, 0.25) is 0 Å². The summed E-state index contributed by atoms with van der Waals surface area (Å²) in [5, 5.41) is 11.3. The summed E-state index contributed by atoms with van der Waals surface area (Å²) in [6.45, 7) is -0.197. The van der Waals surface area contributed by atoms with Gasteiger partial charge in [0.1, 0.15) is 6.61 Å². The maximum absolute atomic E-state index is 13.0. The lowest BCUT2D eigenvalue weighted by Crippen LogP contribution is -2.51. The van der Waals surface area contributed by atoms with Gasteiger partial charge in [0.2, 0.25) is 0 Å². The van der Waals surface area contributed by atoms with Crippen LogP contribution in [-0.2, 0) is 9.53 Å². The molecule has 1 aromatic carbocycles. The second kappa shape index (κ2) is 6.62. The molecule has 5 rings (SSSR count). The van der Waals surface area contributed by atoms with Crippen LogP contribution in [-0.4, -0.2) is 30.4 Å². The zero-order chi connectivity index (χ0) is 19.2. The number of hydrogen-bond acceptors (Lipinski definition) is 6. The molecule has 144 valence electrons. The molecule has 4 saturated carbocycles. The highest BCUT2D eigenvalue weighted by atomic mass is 16.6. The Bertz CT molecular complexity index is 766. The molecular weight excluding hydrogens is 350 g/mol. The van der Waals surface area contributed by atoms with Gasteiger partial charge in [-0.3, -0.25) is 14.9 Å². The van der Waals surface area contributed by atoms with Gasteiger partial charge in [0.15, 0.2) is 11.5 Å². The number of rotatable bonds is 6. The van der Waals surface area contributed by atoms with Crippen LogP contribution in [0.1, 0.15) is 48.9 Å². The van der Waals surface area contributed by atoms with Gasteiger partial charge in [-0.05, 0) is 62.3 Å². The van der Waals surface area contributed by atoms with Gasteiger partial charge in [0.05, 0.1) is 17.6 Å². The molecule has 0 aromatic heterocycles. The molecule has 7 nitrogen and oxygen atoms in total. The van der Waals surface area contributed by atoms with E-state index in [2.05, 4.69) is 4.74 Å². The third kappa shape index (κ3) is 3.19. The van der Waals surface area contributed by atoms with Gasteiger partial charge in [-0.2, -0.15) is 0 Å². The Morgan fingerprint density at radius 3 is 2.26 bits per heavy atom. The van der Waals surface area contributed by atoms with Crippen molar-refractivity contribution in [2.45, 2.75) is 38.5 Å². The standard InChI is InChI=1S/C20H23NO6/c1-26-19(23)15-2-3-16(21(24)25)17(7-15)27-11-18(22)20-8-12-4-13(9-20)6-14(5-12)10-20/h2-3,7,12-14H,4-6,8-11H2,1H3. The Balaban J connectivity index is 1.52. The third-order valence-corrected chi connectivity index (χ3v) is 6.57. The highest BCUT2D eigenvalue weighted by Crippen LogP contribution is 2.60.